The molecule has 2 N–H and O–H groups in total. The molecule has 0 radical (unpaired) electrons. The standard InChI is InChI=1S/C21H37N5O2/c1-5-25-11-13-26(14-12-25)17-18(2)16-24-21(22-3)23-10-15-28-20-8-6-19(27-4)7-9-20/h6-9,18H,5,10-17H2,1-4H3,(H2,22,23,24). The SMILES string of the molecule is CCN1CCN(CC(C)CNC(=NC)NCCOc2ccc(OC)cc2)CC1. The molecule has 1 atom stereocenters. The fourth-order valence-corrected chi connectivity index (χ4v) is 3.30. The number of benzene rings is 1. The zero-order valence-electron chi connectivity index (χ0n) is 17.9. The summed E-state index contributed by atoms with van der Waals surface area (Å²) in [6, 6.07) is 7.61. The van der Waals surface area contributed by atoms with E-state index in [0.717, 1.165) is 37.1 Å². The molecule has 28 heavy (non-hydrogen) atoms. The number of hydrogen-bond donors (Lipinski definition) is 2. The third-order valence-corrected chi connectivity index (χ3v) is 5.05. The first kappa shape index (κ1) is 22.3. The van der Waals surface area contributed by atoms with E-state index in [4.69, 9.17) is 9.47 Å². The van der Waals surface area contributed by atoms with Crippen molar-refractivity contribution in [1.29, 1.82) is 0 Å². The van der Waals surface area contributed by atoms with Gasteiger partial charge in [-0.15, -0.1) is 0 Å². The first-order valence-corrected chi connectivity index (χ1v) is 10.3. The monoisotopic (exact) mass is 391 g/mol. The molecule has 1 aliphatic rings. The van der Waals surface area contributed by atoms with E-state index >= 15 is 0 Å². The van der Waals surface area contributed by atoms with Crippen molar-refractivity contribution in [3.8, 4) is 11.5 Å². The molecule has 1 aromatic carbocycles. The summed E-state index contributed by atoms with van der Waals surface area (Å²) in [5.41, 5.74) is 0. The van der Waals surface area contributed by atoms with Gasteiger partial charge in [0.1, 0.15) is 18.1 Å². The van der Waals surface area contributed by atoms with Crippen LogP contribution in [-0.4, -0.2) is 88.9 Å². The van der Waals surface area contributed by atoms with Crippen LogP contribution < -0.4 is 20.1 Å². The molecule has 0 saturated carbocycles. The first-order chi connectivity index (χ1) is 13.6. The summed E-state index contributed by atoms with van der Waals surface area (Å²) in [6.45, 7) is 13.7. The van der Waals surface area contributed by atoms with Gasteiger partial charge in [0.2, 0.25) is 0 Å². The second-order valence-corrected chi connectivity index (χ2v) is 7.24. The fraction of sp³-hybridized carbons (Fsp3) is 0.667. The van der Waals surface area contributed by atoms with Crippen LogP contribution in [0, 0.1) is 5.92 Å². The zero-order valence-corrected chi connectivity index (χ0v) is 17.9. The van der Waals surface area contributed by atoms with E-state index in [1.165, 1.54) is 26.2 Å². The van der Waals surface area contributed by atoms with Gasteiger partial charge in [-0.1, -0.05) is 13.8 Å². The lowest BCUT2D eigenvalue weighted by atomic mass is 10.1. The van der Waals surface area contributed by atoms with Crippen LogP contribution in [-0.2, 0) is 0 Å². The quantitative estimate of drug-likeness (QED) is 0.358. The predicted molar refractivity (Wildman–Crippen MR) is 116 cm³/mol. The number of guanidine groups is 1. The van der Waals surface area contributed by atoms with Crippen molar-refractivity contribution in [3.05, 3.63) is 24.3 Å². The molecule has 0 aromatic heterocycles. The lowest BCUT2D eigenvalue weighted by molar-refractivity contribution is 0.124. The number of methoxy groups -OCH3 is 1. The summed E-state index contributed by atoms with van der Waals surface area (Å²) in [5.74, 6) is 3.06. The number of nitrogens with one attached hydrogen (secondary N) is 2. The Kier molecular flexibility index (Phi) is 9.93. The Morgan fingerprint density at radius 3 is 2.32 bits per heavy atom. The van der Waals surface area contributed by atoms with E-state index < -0.39 is 0 Å². The van der Waals surface area contributed by atoms with E-state index in [0.29, 0.717) is 19.1 Å². The molecule has 0 aliphatic carbocycles. The van der Waals surface area contributed by atoms with Crippen LogP contribution >= 0.6 is 0 Å². The summed E-state index contributed by atoms with van der Waals surface area (Å²) in [7, 11) is 3.46. The van der Waals surface area contributed by atoms with Crippen LogP contribution in [0.25, 0.3) is 0 Å². The third-order valence-electron chi connectivity index (χ3n) is 5.05. The van der Waals surface area contributed by atoms with Gasteiger partial charge < -0.3 is 29.9 Å². The van der Waals surface area contributed by atoms with E-state index in [-0.39, 0.29) is 0 Å². The smallest absolute Gasteiger partial charge is 0.191 e. The van der Waals surface area contributed by atoms with Crippen LogP contribution in [0.2, 0.25) is 0 Å². The molecular formula is C21H37N5O2. The minimum atomic E-state index is 0.572. The molecule has 1 fully saturated rings. The molecule has 1 saturated heterocycles. The summed E-state index contributed by atoms with van der Waals surface area (Å²) in [6.07, 6.45) is 0. The van der Waals surface area contributed by atoms with Crippen LogP contribution in [0.15, 0.2) is 29.3 Å². The highest BCUT2D eigenvalue weighted by atomic mass is 16.5. The van der Waals surface area contributed by atoms with E-state index in [1.807, 2.05) is 24.3 Å². The molecule has 1 heterocycles. The minimum absolute atomic E-state index is 0.572. The molecule has 2 rings (SSSR count). The topological polar surface area (TPSA) is 61.4 Å². The van der Waals surface area contributed by atoms with Crippen molar-refractivity contribution < 1.29 is 9.47 Å². The molecule has 7 nitrogen and oxygen atoms in total. The third kappa shape index (κ3) is 7.94. The number of piperazine rings is 1. The molecule has 0 bridgehead atoms. The largest absolute Gasteiger partial charge is 0.497 e. The Bertz CT molecular complexity index is 571. The van der Waals surface area contributed by atoms with Gasteiger partial charge in [-0.3, -0.25) is 4.99 Å². The van der Waals surface area contributed by atoms with Gasteiger partial charge in [0.15, 0.2) is 5.96 Å². The highest BCUT2D eigenvalue weighted by Crippen LogP contribution is 2.16. The average Bonchev–Trinajstić information content (AvgIpc) is 2.74. The van der Waals surface area contributed by atoms with Gasteiger partial charge in [0.05, 0.1) is 13.7 Å². The summed E-state index contributed by atoms with van der Waals surface area (Å²) in [5, 5.41) is 6.73. The Hall–Kier alpha value is -1.99. The predicted octanol–water partition coefficient (Wildman–Crippen LogP) is 1.51. The normalized spacial score (nSPS) is 17.2. The van der Waals surface area contributed by atoms with E-state index in [9.17, 15) is 0 Å². The van der Waals surface area contributed by atoms with Gasteiger partial charge in [0.25, 0.3) is 0 Å². The van der Waals surface area contributed by atoms with Crippen molar-refractivity contribution in [2.75, 3.05) is 73.1 Å². The van der Waals surface area contributed by atoms with E-state index in [2.05, 4.69) is 39.3 Å². The minimum Gasteiger partial charge on any atom is -0.497 e. The Morgan fingerprint density at radius 1 is 1.07 bits per heavy atom. The fourth-order valence-electron chi connectivity index (χ4n) is 3.30. The van der Waals surface area contributed by atoms with E-state index in [1.54, 1.807) is 14.2 Å². The van der Waals surface area contributed by atoms with Crippen molar-refractivity contribution in [2.24, 2.45) is 10.9 Å². The van der Waals surface area contributed by atoms with Crippen LogP contribution in [0.1, 0.15) is 13.8 Å². The molecular weight excluding hydrogens is 354 g/mol. The number of rotatable bonds is 10. The maximum Gasteiger partial charge on any atom is 0.191 e. The van der Waals surface area contributed by atoms with Gasteiger partial charge in [-0.25, -0.2) is 0 Å². The lowest BCUT2D eigenvalue weighted by Gasteiger charge is -2.35. The number of nitrogens with zero attached hydrogens (tertiary/aromatic N) is 3. The Labute approximate surface area is 170 Å². The molecule has 1 aromatic rings. The van der Waals surface area contributed by atoms with Gasteiger partial charge in [-0.2, -0.15) is 0 Å². The van der Waals surface area contributed by atoms with Crippen LogP contribution in [0.3, 0.4) is 0 Å². The highest BCUT2D eigenvalue weighted by molar-refractivity contribution is 5.79. The number of likely N-dealkylation sites (N-methyl/N-ethyl adjacent to an activating group) is 1. The average molecular weight is 392 g/mol. The van der Waals surface area contributed by atoms with Crippen molar-refractivity contribution in [1.82, 2.24) is 20.4 Å². The number of ether oxygens (including phenoxy) is 2. The van der Waals surface area contributed by atoms with Gasteiger partial charge in [-0.05, 0) is 36.7 Å². The Morgan fingerprint density at radius 2 is 1.71 bits per heavy atom. The number of hydrogen-bond acceptors (Lipinski definition) is 5. The molecule has 0 amide bonds. The first-order valence-electron chi connectivity index (χ1n) is 10.3. The maximum absolute atomic E-state index is 5.73. The highest BCUT2D eigenvalue weighted by Gasteiger charge is 2.17. The Balaban J connectivity index is 1.58. The second-order valence-electron chi connectivity index (χ2n) is 7.24. The second kappa shape index (κ2) is 12.5. The molecule has 7 heteroatoms. The molecule has 1 unspecified atom stereocenters. The number of aliphatic imine (C=N–C) groups is 1. The maximum atomic E-state index is 5.73. The molecule has 158 valence electrons. The van der Waals surface area contributed by atoms with Crippen LogP contribution in [0.4, 0.5) is 0 Å². The molecule has 1 aliphatic heterocycles. The zero-order chi connectivity index (χ0) is 20.2. The lowest BCUT2D eigenvalue weighted by Crippen LogP contribution is -2.48. The summed E-state index contributed by atoms with van der Waals surface area (Å²) >= 11 is 0. The van der Waals surface area contributed by atoms with Crippen molar-refractivity contribution >= 4 is 5.96 Å². The van der Waals surface area contributed by atoms with Crippen LogP contribution in [0.5, 0.6) is 11.5 Å². The van der Waals surface area contributed by atoms with Crippen molar-refractivity contribution in [3.63, 3.8) is 0 Å². The molecule has 0 spiro atoms. The summed E-state index contributed by atoms with van der Waals surface area (Å²) < 4.78 is 10.9. The van der Waals surface area contributed by atoms with Crippen molar-refractivity contribution in [2.45, 2.75) is 13.8 Å². The van der Waals surface area contributed by atoms with Gasteiger partial charge in [0, 0.05) is 46.3 Å². The van der Waals surface area contributed by atoms with Gasteiger partial charge >= 0.3 is 0 Å². The summed E-state index contributed by atoms with van der Waals surface area (Å²) in [4.78, 5) is 9.38.